The Morgan fingerprint density at radius 2 is 1.77 bits per heavy atom. The molecule has 0 aromatic carbocycles. The number of carbonyl (C=O) groups is 1. The molecule has 2 nitrogen and oxygen atoms in total. The van der Waals surface area contributed by atoms with Crippen molar-refractivity contribution in [1.29, 1.82) is 0 Å². The van der Waals surface area contributed by atoms with Gasteiger partial charge < -0.3 is 5.32 Å². The Balaban J connectivity index is 1.92. The lowest BCUT2D eigenvalue weighted by Crippen LogP contribution is -2.49. The monoisotopic (exact) mass is 181 g/mol. The summed E-state index contributed by atoms with van der Waals surface area (Å²) in [4.78, 5) is 11.8. The van der Waals surface area contributed by atoms with Crippen LogP contribution in [0.3, 0.4) is 0 Å². The third-order valence-electron chi connectivity index (χ3n) is 3.33. The van der Waals surface area contributed by atoms with E-state index in [1.807, 2.05) is 20.8 Å². The molecule has 1 amide bonds. The molecule has 0 aromatic rings. The standard InChI is InChI=1S/C11H19NO/c1-11(2,3)12-10(13)9-7-4-5-8(9)6-7/h7-9H,4-6H2,1-3H3,(H,12,13)/t7-,8-/m1/s1. The van der Waals surface area contributed by atoms with Crippen LogP contribution in [0.25, 0.3) is 0 Å². The van der Waals surface area contributed by atoms with Crippen molar-refractivity contribution in [2.24, 2.45) is 17.8 Å². The van der Waals surface area contributed by atoms with E-state index in [1.165, 1.54) is 19.3 Å². The quantitative estimate of drug-likeness (QED) is 0.658. The molecule has 3 saturated carbocycles. The number of fused-ring (bicyclic) bond motifs is 1. The van der Waals surface area contributed by atoms with Gasteiger partial charge in [-0.3, -0.25) is 4.79 Å². The van der Waals surface area contributed by atoms with E-state index >= 15 is 0 Å². The Kier molecular flexibility index (Phi) is 1.90. The fraction of sp³-hybridized carbons (Fsp3) is 0.909. The molecule has 2 atom stereocenters. The molecule has 0 heterocycles. The molecule has 2 bridgehead atoms. The van der Waals surface area contributed by atoms with Crippen molar-refractivity contribution >= 4 is 5.91 Å². The summed E-state index contributed by atoms with van der Waals surface area (Å²) < 4.78 is 0. The van der Waals surface area contributed by atoms with Crippen molar-refractivity contribution in [2.75, 3.05) is 0 Å². The second kappa shape index (κ2) is 2.73. The van der Waals surface area contributed by atoms with E-state index < -0.39 is 0 Å². The summed E-state index contributed by atoms with van der Waals surface area (Å²) in [6, 6.07) is 0. The van der Waals surface area contributed by atoms with Gasteiger partial charge in [-0.2, -0.15) is 0 Å². The predicted molar refractivity (Wildman–Crippen MR) is 52.2 cm³/mol. The Morgan fingerprint density at radius 3 is 2.15 bits per heavy atom. The Hall–Kier alpha value is -0.530. The second-order valence-corrected chi connectivity index (χ2v) is 5.60. The summed E-state index contributed by atoms with van der Waals surface area (Å²) >= 11 is 0. The van der Waals surface area contributed by atoms with Crippen LogP contribution in [0, 0.1) is 17.8 Å². The molecular formula is C11H19NO. The average molecular weight is 181 g/mol. The summed E-state index contributed by atoms with van der Waals surface area (Å²) in [5.41, 5.74) is -0.0634. The number of hydrogen-bond donors (Lipinski definition) is 1. The maximum atomic E-state index is 11.8. The first kappa shape index (κ1) is 9.04. The van der Waals surface area contributed by atoms with Crippen LogP contribution in [-0.2, 0) is 4.79 Å². The molecule has 0 radical (unpaired) electrons. The second-order valence-electron chi connectivity index (χ2n) is 5.60. The van der Waals surface area contributed by atoms with Crippen molar-refractivity contribution in [3.05, 3.63) is 0 Å². The Labute approximate surface area is 80.1 Å². The summed E-state index contributed by atoms with van der Waals surface area (Å²) in [5.74, 6) is 2.09. The molecule has 0 unspecified atom stereocenters. The van der Waals surface area contributed by atoms with Gasteiger partial charge in [-0.25, -0.2) is 0 Å². The molecule has 0 aliphatic heterocycles. The van der Waals surface area contributed by atoms with Crippen LogP contribution in [0.5, 0.6) is 0 Å². The normalized spacial score (nSPS) is 37.0. The Morgan fingerprint density at radius 1 is 1.23 bits per heavy atom. The van der Waals surface area contributed by atoms with Crippen molar-refractivity contribution < 1.29 is 4.79 Å². The van der Waals surface area contributed by atoms with Crippen LogP contribution >= 0.6 is 0 Å². The zero-order valence-electron chi connectivity index (χ0n) is 8.76. The summed E-state index contributed by atoms with van der Waals surface area (Å²) in [5, 5.41) is 3.08. The van der Waals surface area contributed by atoms with E-state index in [1.54, 1.807) is 0 Å². The van der Waals surface area contributed by atoms with E-state index in [4.69, 9.17) is 0 Å². The van der Waals surface area contributed by atoms with Gasteiger partial charge in [0.1, 0.15) is 0 Å². The van der Waals surface area contributed by atoms with Gasteiger partial charge in [-0.15, -0.1) is 0 Å². The zero-order chi connectivity index (χ0) is 9.64. The molecule has 0 spiro atoms. The number of nitrogens with one attached hydrogen (secondary N) is 1. The third kappa shape index (κ3) is 1.59. The van der Waals surface area contributed by atoms with E-state index in [2.05, 4.69) is 5.32 Å². The smallest absolute Gasteiger partial charge is 0.224 e. The van der Waals surface area contributed by atoms with Crippen LogP contribution in [0.1, 0.15) is 40.0 Å². The van der Waals surface area contributed by atoms with Gasteiger partial charge in [0.15, 0.2) is 0 Å². The van der Waals surface area contributed by atoms with E-state index in [0.29, 0.717) is 23.7 Å². The topological polar surface area (TPSA) is 29.1 Å². The lowest BCUT2D eigenvalue weighted by atomic mass is 9.71. The minimum absolute atomic E-state index is 0.0634. The van der Waals surface area contributed by atoms with Gasteiger partial charge in [-0.05, 0) is 51.9 Å². The number of hydrogen-bond acceptors (Lipinski definition) is 1. The first-order valence-electron chi connectivity index (χ1n) is 5.29. The van der Waals surface area contributed by atoms with Crippen LogP contribution < -0.4 is 5.32 Å². The number of amides is 1. The number of rotatable bonds is 1. The van der Waals surface area contributed by atoms with Gasteiger partial charge in [0, 0.05) is 11.5 Å². The molecule has 3 aliphatic rings. The molecule has 1 N–H and O–H groups in total. The highest BCUT2D eigenvalue weighted by atomic mass is 16.2. The molecule has 74 valence electrons. The highest BCUT2D eigenvalue weighted by Gasteiger charge is 2.50. The summed E-state index contributed by atoms with van der Waals surface area (Å²) in [7, 11) is 0. The van der Waals surface area contributed by atoms with Crippen LogP contribution in [0.4, 0.5) is 0 Å². The lowest BCUT2D eigenvalue weighted by molar-refractivity contribution is -0.132. The Bertz CT molecular complexity index is 215. The largest absolute Gasteiger partial charge is 0.351 e. The van der Waals surface area contributed by atoms with Crippen molar-refractivity contribution in [3.63, 3.8) is 0 Å². The predicted octanol–water partition coefficient (Wildman–Crippen LogP) is 1.95. The van der Waals surface area contributed by atoms with E-state index in [0.717, 1.165) is 0 Å². The maximum Gasteiger partial charge on any atom is 0.224 e. The fourth-order valence-corrected chi connectivity index (χ4v) is 2.78. The minimum atomic E-state index is -0.0634. The third-order valence-corrected chi connectivity index (χ3v) is 3.33. The van der Waals surface area contributed by atoms with E-state index in [9.17, 15) is 4.79 Å². The summed E-state index contributed by atoms with van der Waals surface area (Å²) in [6.45, 7) is 6.14. The van der Waals surface area contributed by atoms with Gasteiger partial charge in [0.2, 0.25) is 5.91 Å². The summed E-state index contributed by atoms with van der Waals surface area (Å²) in [6.07, 6.45) is 3.88. The molecule has 3 fully saturated rings. The zero-order valence-corrected chi connectivity index (χ0v) is 8.76. The van der Waals surface area contributed by atoms with Gasteiger partial charge in [-0.1, -0.05) is 0 Å². The SMILES string of the molecule is CC(C)(C)NC(=O)C1[C@@H]2CC[C@@H]1C2. The maximum absolute atomic E-state index is 11.8. The minimum Gasteiger partial charge on any atom is -0.351 e. The average Bonchev–Trinajstić information content (AvgIpc) is 2.36. The molecular weight excluding hydrogens is 162 g/mol. The van der Waals surface area contributed by atoms with Crippen LogP contribution in [-0.4, -0.2) is 11.4 Å². The van der Waals surface area contributed by atoms with Crippen LogP contribution in [0.15, 0.2) is 0 Å². The number of carbonyl (C=O) groups excluding carboxylic acids is 1. The van der Waals surface area contributed by atoms with Gasteiger partial charge in [0.05, 0.1) is 0 Å². The molecule has 2 heteroatoms. The van der Waals surface area contributed by atoms with Gasteiger partial charge >= 0.3 is 0 Å². The first-order chi connectivity index (χ1) is 5.97. The van der Waals surface area contributed by atoms with Gasteiger partial charge in [0.25, 0.3) is 0 Å². The molecule has 3 rings (SSSR count). The lowest BCUT2D eigenvalue weighted by Gasteiger charge is -2.36. The highest BCUT2D eigenvalue weighted by Crippen LogP contribution is 2.53. The van der Waals surface area contributed by atoms with E-state index in [-0.39, 0.29) is 5.54 Å². The van der Waals surface area contributed by atoms with Crippen molar-refractivity contribution in [1.82, 2.24) is 5.32 Å². The first-order valence-corrected chi connectivity index (χ1v) is 5.29. The molecule has 13 heavy (non-hydrogen) atoms. The molecule has 0 aromatic heterocycles. The highest BCUT2D eigenvalue weighted by molar-refractivity contribution is 5.81. The fourth-order valence-electron chi connectivity index (χ4n) is 2.78. The van der Waals surface area contributed by atoms with Crippen molar-refractivity contribution in [2.45, 2.75) is 45.6 Å². The van der Waals surface area contributed by atoms with Crippen molar-refractivity contribution in [3.8, 4) is 0 Å². The molecule has 0 saturated heterocycles. The van der Waals surface area contributed by atoms with Crippen LogP contribution in [0.2, 0.25) is 0 Å². The molecule has 3 aliphatic carbocycles.